The van der Waals surface area contributed by atoms with E-state index in [0.717, 1.165) is 0 Å². The van der Waals surface area contributed by atoms with Gasteiger partial charge in [0, 0.05) is 9.17 Å². The second-order valence-corrected chi connectivity index (χ2v) is 0.750. The molecule has 26 valence electrons. The summed E-state index contributed by atoms with van der Waals surface area (Å²) in [4.78, 5) is 17.0. The normalized spacial score (nSPS) is 4.00. The van der Waals surface area contributed by atoms with Crippen molar-refractivity contribution in [2.75, 3.05) is 0 Å². The first kappa shape index (κ1) is 15.7. The monoisotopic (exact) mass is 190 g/mol. The Morgan fingerprint density at radius 3 is 1.33 bits per heavy atom. The van der Waals surface area contributed by atoms with Crippen molar-refractivity contribution in [1.82, 2.24) is 0 Å². The van der Waals surface area contributed by atoms with Gasteiger partial charge < -0.3 is 14.1 Å². The second kappa shape index (κ2) is 9.55. The van der Waals surface area contributed by atoms with E-state index < -0.39 is 9.17 Å². The molecule has 0 fully saturated rings. The van der Waals surface area contributed by atoms with Crippen LogP contribution in [0.25, 0.3) is 0 Å². The van der Waals surface area contributed by atoms with Gasteiger partial charge in [0.1, 0.15) is 0 Å². The summed E-state index contributed by atoms with van der Waals surface area (Å²) in [7, 11) is -3.63. The minimum atomic E-state index is -3.63. The van der Waals surface area contributed by atoms with Crippen LogP contribution in [0.15, 0.2) is 0 Å². The molecule has 0 amide bonds. The van der Waals surface area contributed by atoms with E-state index in [2.05, 4.69) is 0 Å². The third kappa shape index (κ3) is 59.8. The summed E-state index contributed by atoms with van der Waals surface area (Å²) in [5, 5.41) is 0. The molecule has 0 aliphatic rings. The van der Waals surface area contributed by atoms with Gasteiger partial charge in [0.15, 0.2) is 0 Å². The van der Waals surface area contributed by atoms with Gasteiger partial charge in [0.05, 0.1) is 0 Å². The van der Waals surface area contributed by atoms with Gasteiger partial charge in [-0.05, 0) is 0 Å². The quantitative estimate of drug-likeness (QED) is 0.378. The van der Waals surface area contributed by atoms with Gasteiger partial charge in [-0.15, -0.1) is 0 Å². The standard InChI is InChI=1S/Mg.O3Si.Zr/c;1-4(2)3;/q+2;-2;+2. The Balaban J connectivity index is -0.0000000450. The molecular weight excluding hydrogens is 192 g/mol. The summed E-state index contributed by atoms with van der Waals surface area (Å²) < 4.78 is 8.52. The molecule has 0 spiro atoms. The predicted octanol–water partition coefficient (Wildman–Crippen LogP) is -3.26. The van der Waals surface area contributed by atoms with Crippen molar-refractivity contribution in [1.29, 1.82) is 0 Å². The molecule has 0 heterocycles. The largest absolute Gasteiger partial charge is 2.00 e. The fourth-order valence-corrected chi connectivity index (χ4v) is 0. The van der Waals surface area contributed by atoms with Gasteiger partial charge >= 0.3 is 49.3 Å². The molecule has 0 radical (unpaired) electrons. The molecular formula is MgO3SiZr+2. The van der Waals surface area contributed by atoms with Crippen LogP contribution in [0.1, 0.15) is 0 Å². The van der Waals surface area contributed by atoms with Crippen LogP contribution in [0.4, 0.5) is 0 Å². The van der Waals surface area contributed by atoms with E-state index in [4.69, 9.17) is 14.1 Å². The van der Waals surface area contributed by atoms with Crippen molar-refractivity contribution in [2.45, 2.75) is 0 Å². The van der Waals surface area contributed by atoms with Crippen LogP contribution in [0.5, 0.6) is 0 Å². The Morgan fingerprint density at radius 2 is 1.33 bits per heavy atom. The summed E-state index contributed by atoms with van der Waals surface area (Å²) in [6.45, 7) is 0. The van der Waals surface area contributed by atoms with Crippen molar-refractivity contribution in [3.63, 3.8) is 0 Å². The molecule has 6 heteroatoms. The summed E-state index contributed by atoms with van der Waals surface area (Å²) in [5.74, 6) is 0. The van der Waals surface area contributed by atoms with E-state index >= 15 is 0 Å². The Hall–Kier alpha value is 1.27. The Labute approximate surface area is 71.9 Å². The number of hydrogen-bond acceptors (Lipinski definition) is 3. The summed E-state index contributed by atoms with van der Waals surface area (Å²) in [6.07, 6.45) is 0. The maximum absolute atomic E-state index is 8.52. The van der Waals surface area contributed by atoms with Crippen molar-refractivity contribution >= 4 is 32.2 Å². The minimum Gasteiger partial charge on any atom is -0.672 e. The van der Waals surface area contributed by atoms with Gasteiger partial charge in [0.2, 0.25) is 0 Å². The zero-order valence-electron chi connectivity index (χ0n) is 2.93. The van der Waals surface area contributed by atoms with Gasteiger partial charge in [-0.1, -0.05) is 0 Å². The summed E-state index contributed by atoms with van der Waals surface area (Å²) in [5.41, 5.74) is 0. The Morgan fingerprint density at radius 1 is 1.33 bits per heavy atom. The molecule has 0 aromatic heterocycles. The van der Waals surface area contributed by atoms with E-state index in [-0.39, 0.29) is 49.3 Å². The zero-order chi connectivity index (χ0) is 3.58. The second-order valence-electron chi connectivity index (χ2n) is 0.250. The average Bonchev–Trinajstić information content (AvgIpc) is 0.811. The molecule has 0 saturated heterocycles. The summed E-state index contributed by atoms with van der Waals surface area (Å²) >= 11 is 0. The topological polar surface area (TPSA) is 63.2 Å². The molecule has 0 aromatic carbocycles. The van der Waals surface area contributed by atoms with Crippen molar-refractivity contribution < 1.29 is 40.3 Å². The van der Waals surface area contributed by atoms with Crippen LogP contribution in [0.2, 0.25) is 0 Å². The first-order valence-corrected chi connectivity index (χ1v) is 1.84. The van der Waals surface area contributed by atoms with Gasteiger partial charge in [0.25, 0.3) is 0 Å². The van der Waals surface area contributed by atoms with Crippen molar-refractivity contribution in [2.24, 2.45) is 0 Å². The molecule has 0 saturated carbocycles. The van der Waals surface area contributed by atoms with Gasteiger partial charge in [-0.2, -0.15) is 0 Å². The first-order valence-electron chi connectivity index (χ1n) is 0.612. The molecule has 0 bridgehead atoms. The molecule has 0 rings (SSSR count). The van der Waals surface area contributed by atoms with Crippen molar-refractivity contribution in [3.8, 4) is 0 Å². The predicted molar refractivity (Wildman–Crippen MR) is 12.2 cm³/mol. The van der Waals surface area contributed by atoms with E-state index in [1.165, 1.54) is 0 Å². The third-order valence-corrected chi connectivity index (χ3v) is 0. The molecule has 0 atom stereocenters. The van der Waals surface area contributed by atoms with Crippen LogP contribution in [0.3, 0.4) is 0 Å². The van der Waals surface area contributed by atoms with Crippen molar-refractivity contribution in [3.05, 3.63) is 0 Å². The Bertz CT molecular complexity index is 33.8. The van der Waals surface area contributed by atoms with Crippen LogP contribution in [0, 0.1) is 0 Å². The van der Waals surface area contributed by atoms with E-state index in [9.17, 15) is 0 Å². The fourth-order valence-electron chi connectivity index (χ4n) is 0. The maximum Gasteiger partial charge on any atom is 2.00 e. The fraction of sp³-hybridized carbons (Fsp3) is 0. The van der Waals surface area contributed by atoms with Crippen LogP contribution < -0.4 is 9.59 Å². The molecule has 3 nitrogen and oxygen atoms in total. The average molecular weight is 192 g/mol. The SMILES string of the molecule is O=[Si]([O-])[O-].[Mg+2].[Zr+2]. The van der Waals surface area contributed by atoms with E-state index in [0.29, 0.717) is 0 Å². The molecule has 0 N–H and O–H groups in total. The minimum absolute atomic E-state index is 0. The Kier molecular flexibility index (Phi) is 24.9. The van der Waals surface area contributed by atoms with Gasteiger partial charge in [-0.25, -0.2) is 0 Å². The number of rotatable bonds is 0. The molecule has 0 aliphatic carbocycles. The summed E-state index contributed by atoms with van der Waals surface area (Å²) in [6, 6.07) is 0. The smallest absolute Gasteiger partial charge is 0.672 e. The third-order valence-electron chi connectivity index (χ3n) is 0. The molecule has 0 aromatic rings. The zero-order valence-corrected chi connectivity index (χ0v) is 7.80. The molecule has 0 aliphatic heterocycles. The van der Waals surface area contributed by atoms with Gasteiger partial charge in [-0.3, -0.25) is 0 Å². The van der Waals surface area contributed by atoms with Crippen LogP contribution in [-0.4, -0.2) is 32.2 Å². The molecule has 0 unspecified atom stereocenters. The van der Waals surface area contributed by atoms with Crippen LogP contribution >= 0.6 is 0 Å². The molecule has 6 heavy (non-hydrogen) atoms. The van der Waals surface area contributed by atoms with E-state index in [1.54, 1.807) is 0 Å². The number of hydrogen-bond donors (Lipinski definition) is 0. The van der Waals surface area contributed by atoms with E-state index in [1.807, 2.05) is 0 Å². The maximum atomic E-state index is 8.52. The van der Waals surface area contributed by atoms with Crippen LogP contribution in [-0.2, 0) is 30.7 Å². The first-order chi connectivity index (χ1) is 1.73.